The molecule has 0 unspecified atom stereocenters. The molecule has 0 aromatic heterocycles. The molecule has 0 amide bonds. The van der Waals surface area contributed by atoms with E-state index in [9.17, 15) is 0 Å². The van der Waals surface area contributed by atoms with Crippen LogP contribution in [0.3, 0.4) is 0 Å². The van der Waals surface area contributed by atoms with Gasteiger partial charge >= 0.3 is 0 Å². The Morgan fingerprint density at radius 1 is 1.08 bits per heavy atom. The van der Waals surface area contributed by atoms with Crippen molar-refractivity contribution in [2.75, 3.05) is 24.6 Å². The number of rotatable bonds is 8. The van der Waals surface area contributed by atoms with Crippen molar-refractivity contribution in [3.63, 3.8) is 0 Å². The number of hydrogen-bond donors (Lipinski definition) is 3. The summed E-state index contributed by atoms with van der Waals surface area (Å²) in [7, 11) is 3.35. The lowest BCUT2D eigenvalue weighted by Gasteiger charge is -2.12. The lowest BCUT2D eigenvalue weighted by atomic mass is 10.8. The molecule has 0 aromatic rings. The molecular weight excluding hydrogens is 200 g/mol. The Kier molecular flexibility index (Phi) is 9.91. The zero-order valence-corrected chi connectivity index (χ0v) is 8.27. The minimum absolute atomic E-state index is 0.509. The van der Waals surface area contributed by atoms with E-state index in [2.05, 4.69) is 9.88 Å². The predicted molar refractivity (Wildman–Crippen MR) is 51.2 cm³/mol. The van der Waals surface area contributed by atoms with Crippen LogP contribution >= 0.6 is 21.6 Å². The van der Waals surface area contributed by atoms with Crippen molar-refractivity contribution in [3.8, 4) is 0 Å². The maximum atomic E-state index is 5.29. The Morgan fingerprint density at radius 3 is 2.17 bits per heavy atom. The van der Waals surface area contributed by atoms with E-state index in [0.717, 1.165) is 16.7 Å². The van der Waals surface area contributed by atoms with Crippen molar-refractivity contribution in [2.24, 2.45) is 17.5 Å². The van der Waals surface area contributed by atoms with Gasteiger partial charge in [-0.2, -0.15) is 21.7 Å². The lowest BCUT2D eigenvalue weighted by Crippen LogP contribution is -2.32. The van der Waals surface area contributed by atoms with Crippen molar-refractivity contribution in [3.05, 3.63) is 0 Å². The SMILES string of the molecule is NCCSSCCN(ON)ON. The summed E-state index contributed by atoms with van der Waals surface area (Å²) in [6, 6.07) is 0. The molecule has 0 aliphatic rings. The van der Waals surface area contributed by atoms with Crippen molar-refractivity contribution >= 4 is 21.6 Å². The van der Waals surface area contributed by atoms with E-state index in [-0.39, 0.29) is 0 Å². The second-order valence-corrected chi connectivity index (χ2v) is 4.40. The summed E-state index contributed by atoms with van der Waals surface area (Å²) >= 11 is 0. The third-order valence-electron chi connectivity index (χ3n) is 0.877. The average Bonchev–Trinajstić information content (AvgIpc) is 2.11. The third-order valence-corrected chi connectivity index (χ3v) is 3.30. The fraction of sp³-hybridized carbons (Fsp3) is 1.00. The quantitative estimate of drug-likeness (QED) is 0.275. The molecule has 0 heterocycles. The van der Waals surface area contributed by atoms with Gasteiger partial charge in [-0.15, -0.1) is 0 Å². The fourth-order valence-corrected chi connectivity index (χ4v) is 2.18. The molecule has 0 atom stereocenters. The van der Waals surface area contributed by atoms with Gasteiger partial charge in [0.1, 0.15) is 0 Å². The van der Waals surface area contributed by atoms with Crippen molar-refractivity contribution < 1.29 is 9.88 Å². The van der Waals surface area contributed by atoms with Gasteiger partial charge < -0.3 is 5.73 Å². The van der Waals surface area contributed by atoms with Crippen LogP contribution in [0.15, 0.2) is 0 Å². The smallest absolute Gasteiger partial charge is 0.0654 e. The molecule has 8 heteroatoms. The van der Waals surface area contributed by atoms with Crippen molar-refractivity contribution in [1.82, 2.24) is 5.23 Å². The topological polar surface area (TPSA) is 99.8 Å². The molecule has 0 bridgehead atoms. The van der Waals surface area contributed by atoms with Crippen LogP contribution in [0, 0.1) is 0 Å². The molecule has 74 valence electrons. The van der Waals surface area contributed by atoms with Gasteiger partial charge in [-0.1, -0.05) is 21.6 Å². The number of nitrogens with two attached hydrogens (primary N) is 3. The van der Waals surface area contributed by atoms with Crippen LogP contribution < -0.4 is 17.5 Å². The van der Waals surface area contributed by atoms with Gasteiger partial charge in [0, 0.05) is 18.1 Å². The molecule has 0 fully saturated rings. The Labute approximate surface area is 79.3 Å². The summed E-state index contributed by atoms with van der Waals surface area (Å²) in [5, 5.41) is 0.996. The normalized spacial score (nSPS) is 11.0. The number of nitrogens with zero attached hydrogens (tertiary/aromatic N) is 1. The van der Waals surface area contributed by atoms with E-state index in [1.54, 1.807) is 21.6 Å². The molecule has 0 saturated carbocycles. The Hall–Kier alpha value is 0.460. The number of hydroxylamine groups is 2. The van der Waals surface area contributed by atoms with Gasteiger partial charge in [0.05, 0.1) is 6.54 Å². The van der Waals surface area contributed by atoms with Crippen LogP contribution in [0.25, 0.3) is 0 Å². The summed E-state index contributed by atoms with van der Waals surface area (Å²) in [4.78, 5) is 8.49. The van der Waals surface area contributed by atoms with E-state index < -0.39 is 0 Å². The Bertz CT molecular complexity index is 95.1. The van der Waals surface area contributed by atoms with Crippen molar-refractivity contribution in [1.29, 1.82) is 0 Å². The van der Waals surface area contributed by atoms with Crippen LogP contribution in [0.2, 0.25) is 0 Å². The van der Waals surface area contributed by atoms with E-state index >= 15 is 0 Å². The summed E-state index contributed by atoms with van der Waals surface area (Å²) in [5.41, 5.74) is 5.29. The Morgan fingerprint density at radius 2 is 1.67 bits per heavy atom. The molecule has 0 aromatic carbocycles. The van der Waals surface area contributed by atoms with E-state index in [0.29, 0.717) is 13.1 Å². The van der Waals surface area contributed by atoms with Gasteiger partial charge in [-0.05, 0) is 5.23 Å². The minimum Gasteiger partial charge on any atom is -0.330 e. The first-order chi connectivity index (χ1) is 5.85. The molecule has 0 saturated heterocycles. The van der Waals surface area contributed by atoms with Crippen LogP contribution in [-0.4, -0.2) is 29.8 Å². The standard InChI is InChI=1S/C4H14N4O2S2/c5-1-3-11-12-4-2-8(9-6)10-7/h1-7H2. The van der Waals surface area contributed by atoms with Gasteiger partial charge in [-0.25, -0.2) is 0 Å². The van der Waals surface area contributed by atoms with E-state index in [1.807, 2.05) is 0 Å². The first kappa shape index (κ1) is 12.5. The molecule has 0 spiro atoms. The minimum atomic E-state index is 0.509. The molecule has 0 aliphatic carbocycles. The summed E-state index contributed by atoms with van der Waals surface area (Å²) in [6.07, 6.45) is 0. The molecule has 6 N–H and O–H groups in total. The summed E-state index contributed by atoms with van der Waals surface area (Å²) in [5.74, 6) is 11.4. The summed E-state index contributed by atoms with van der Waals surface area (Å²) < 4.78 is 0. The first-order valence-electron chi connectivity index (χ1n) is 3.31. The van der Waals surface area contributed by atoms with Crippen LogP contribution in [0.1, 0.15) is 0 Å². The van der Waals surface area contributed by atoms with Crippen LogP contribution in [0.5, 0.6) is 0 Å². The average molecular weight is 214 g/mol. The van der Waals surface area contributed by atoms with Crippen LogP contribution in [0.4, 0.5) is 0 Å². The highest BCUT2D eigenvalue weighted by Gasteiger charge is 2.01. The zero-order chi connectivity index (χ0) is 9.23. The second kappa shape index (κ2) is 9.55. The van der Waals surface area contributed by atoms with Gasteiger partial charge in [0.15, 0.2) is 0 Å². The van der Waals surface area contributed by atoms with E-state index in [1.165, 1.54) is 0 Å². The molecule has 0 aliphatic heterocycles. The zero-order valence-electron chi connectivity index (χ0n) is 6.64. The van der Waals surface area contributed by atoms with Crippen molar-refractivity contribution in [2.45, 2.75) is 0 Å². The maximum Gasteiger partial charge on any atom is 0.0654 e. The fourth-order valence-electron chi connectivity index (χ4n) is 0.408. The largest absolute Gasteiger partial charge is 0.330 e. The van der Waals surface area contributed by atoms with E-state index in [4.69, 9.17) is 17.5 Å². The highest BCUT2D eigenvalue weighted by Crippen LogP contribution is 2.19. The second-order valence-electron chi connectivity index (χ2n) is 1.70. The molecular formula is C4H14N4O2S2. The Balaban J connectivity index is 3.06. The molecule has 0 radical (unpaired) electrons. The maximum absolute atomic E-state index is 5.29. The van der Waals surface area contributed by atoms with Gasteiger partial charge in [0.2, 0.25) is 0 Å². The molecule has 0 rings (SSSR count). The third kappa shape index (κ3) is 7.13. The summed E-state index contributed by atoms with van der Waals surface area (Å²) in [6.45, 7) is 1.19. The lowest BCUT2D eigenvalue weighted by molar-refractivity contribution is -0.372. The monoisotopic (exact) mass is 214 g/mol. The highest BCUT2D eigenvalue weighted by molar-refractivity contribution is 8.76. The van der Waals surface area contributed by atoms with Gasteiger partial charge in [0.25, 0.3) is 0 Å². The predicted octanol–water partition coefficient (Wildman–Crippen LogP) is -0.761. The van der Waals surface area contributed by atoms with Gasteiger partial charge in [-0.3, -0.25) is 0 Å². The molecule has 12 heavy (non-hydrogen) atoms. The van der Waals surface area contributed by atoms with Crippen LogP contribution in [-0.2, 0) is 9.88 Å². The highest BCUT2D eigenvalue weighted by atomic mass is 33.1. The number of hydrogen-bond acceptors (Lipinski definition) is 8. The first-order valence-corrected chi connectivity index (χ1v) is 5.79. The molecule has 6 nitrogen and oxygen atoms in total.